The first-order chi connectivity index (χ1) is 11.5. The fourth-order valence-corrected chi connectivity index (χ4v) is 3.79. The number of hydrogen-bond acceptors (Lipinski definition) is 4. The van der Waals surface area contributed by atoms with Gasteiger partial charge in [-0.2, -0.15) is 0 Å². The maximum atomic E-state index is 12.8. The first-order valence-electron chi connectivity index (χ1n) is 8.72. The molecule has 1 aliphatic carbocycles. The SMILES string of the molecule is CC(C)C(=O)C1=C(O)C(=O)N(C2CCCCC2)C1c1ccncc1. The highest BCUT2D eigenvalue weighted by molar-refractivity contribution is 6.09. The number of aromatic nitrogens is 1. The molecule has 1 unspecified atom stereocenters. The molecule has 128 valence electrons. The summed E-state index contributed by atoms with van der Waals surface area (Å²) in [5.74, 6) is -1.22. The van der Waals surface area contributed by atoms with Crippen molar-refractivity contribution in [3.63, 3.8) is 0 Å². The van der Waals surface area contributed by atoms with E-state index in [1.165, 1.54) is 6.42 Å². The Hall–Kier alpha value is -2.17. The molecule has 2 aliphatic rings. The minimum Gasteiger partial charge on any atom is -0.503 e. The highest BCUT2D eigenvalue weighted by Crippen LogP contribution is 2.42. The van der Waals surface area contributed by atoms with Gasteiger partial charge in [-0.05, 0) is 30.5 Å². The van der Waals surface area contributed by atoms with E-state index in [0.717, 1.165) is 31.2 Å². The normalized spacial score (nSPS) is 22.5. The molecule has 1 N–H and O–H groups in total. The largest absolute Gasteiger partial charge is 0.503 e. The molecule has 1 aromatic heterocycles. The third-order valence-electron chi connectivity index (χ3n) is 5.02. The van der Waals surface area contributed by atoms with Gasteiger partial charge in [0.25, 0.3) is 5.91 Å². The van der Waals surface area contributed by atoms with Crippen molar-refractivity contribution < 1.29 is 14.7 Å². The van der Waals surface area contributed by atoms with Crippen molar-refractivity contribution in [2.24, 2.45) is 5.92 Å². The predicted octanol–water partition coefficient (Wildman–Crippen LogP) is 3.33. The molecular formula is C19H24N2O3. The van der Waals surface area contributed by atoms with Crippen molar-refractivity contribution >= 4 is 11.7 Å². The topological polar surface area (TPSA) is 70.5 Å². The van der Waals surface area contributed by atoms with Crippen LogP contribution in [-0.2, 0) is 9.59 Å². The number of rotatable bonds is 4. The lowest BCUT2D eigenvalue weighted by atomic mass is 9.89. The van der Waals surface area contributed by atoms with Gasteiger partial charge >= 0.3 is 0 Å². The van der Waals surface area contributed by atoms with Crippen LogP contribution in [0.5, 0.6) is 0 Å². The zero-order valence-electron chi connectivity index (χ0n) is 14.2. The van der Waals surface area contributed by atoms with Crippen LogP contribution in [0.3, 0.4) is 0 Å². The molecule has 5 nitrogen and oxygen atoms in total. The number of pyridine rings is 1. The van der Waals surface area contributed by atoms with Crippen LogP contribution in [-0.4, -0.2) is 32.7 Å². The van der Waals surface area contributed by atoms with E-state index in [2.05, 4.69) is 4.98 Å². The second kappa shape index (κ2) is 6.75. The Bertz CT molecular complexity index is 660. The molecule has 0 aromatic carbocycles. The van der Waals surface area contributed by atoms with Crippen molar-refractivity contribution in [2.75, 3.05) is 0 Å². The van der Waals surface area contributed by atoms with E-state index in [1.807, 2.05) is 12.1 Å². The molecule has 2 heterocycles. The number of aliphatic hydroxyl groups is 1. The number of ketones is 1. The monoisotopic (exact) mass is 328 g/mol. The Labute approximate surface area is 142 Å². The van der Waals surface area contributed by atoms with Crippen molar-refractivity contribution in [2.45, 2.75) is 58.0 Å². The second-order valence-electron chi connectivity index (χ2n) is 6.97. The third kappa shape index (κ3) is 2.83. The average molecular weight is 328 g/mol. The Morgan fingerprint density at radius 3 is 2.42 bits per heavy atom. The van der Waals surface area contributed by atoms with E-state index in [-0.39, 0.29) is 29.1 Å². The van der Waals surface area contributed by atoms with Gasteiger partial charge in [0, 0.05) is 24.4 Å². The number of Topliss-reactive ketones (excluding diaryl/α,β-unsaturated/α-hetero) is 1. The van der Waals surface area contributed by atoms with E-state index < -0.39 is 11.9 Å². The first kappa shape index (κ1) is 16.7. The van der Waals surface area contributed by atoms with Gasteiger partial charge in [-0.3, -0.25) is 14.6 Å². The smallest absolute Gasteiger partial charge is 0.290 e. The van der Waals surface area contributed by atoms with Crippen molar-refractivity contribution in [1.82, 2.24) is 9.88 Å². The molecule has 3 rings (SSSR count). The fourth-order valence-electron chi connectivity index (χ4n) is 3.79. The number of amides is 1. The maximum Gasteiger partial charge on any atom is 0.290 e. The Morgan fingerprint density at radius 1 is 1.21 bits per heavy atom. The van der Waals surface area contributed by atoms with Crippen LogP contribution in [0.15, 0.2) is 35.9 Å². The van der Waals surface area contributed by atoms with Gasteiger partial charge in [0.15, 0.2) is 11.5 Å². The highest BCUT2D eigenvalue weighted by Gasteiger charge is 2.46. The van der Waals surface area contributed by atoms with E-state index in [1.54, 1.807) is 31.1 Å². The van der Waals surface area contributed by atoms with Crippen LogP contribution < -0.4 is 0 Å². The molecule has 1 fully saturated rings. The lowest BCUT2D eigenvalue weighted by Crippen LogP contribution is -2.41. The number of nitrogens with zero attached hydrogens (tertiary/aromatic N) is 2. The molecule has 1 aliphatic heterocycles. The van der Waals surface area contributed by atoms with Crippen LogP contribution in [0.4, 0.5) is 0 Å². The molecule has 0 bridgehead atoms. The number of hydrogen-bond donors (Lipinski definition) is 1. The summed E-state index contributed by atoms with van der Waals surface area (Å²) in [6.45, 7) is 3.58. The van der Waals surface area contributed by atoms with E-state index in [0.29, 0.717) is 0 Å². The van der Waals surface area contributed by atoms with Gasteiger partial charge in [-0.15, -0.1) is 0 Å². The summed E-state index contributed by atoms with van der Waals surface area (Å²) in [5.41, 5.74) is 1.07. The Kier molecular flexibility index (Phi) is 4.69. The Balaban J connectivity index is 2.06. The van der Waals surface area contributed by atoms with Crippen molar-refractivity contribution in [3.05, 3.63) is 41.4 Å². The first-order valence-corrected chi connectivity index (χ1v) is 8.72. The summed E-state index contributed by atoms with van der Waals surface area (Å²) in [7, 11) is 0. The van der Waals surface area contributed by atoms with Crippen molar-refractivity contribution in [1.29, 1.82) is 0 Å². The standard InChI is InChI=1S/C19H24N2O3/c1-12(2)17(22)15-16(13-8-10-20-11-9-13)21(19(24)18(15)23)14-6-4-3-5-7-14/h8-12,14,16,23H,3-7H2,1-2H3. The molecule has 1 atom stereocenters. The number of carbonyl (C=O) groups is 2. The van der Waals surface area contributed by atoms with Crippen molar-refractivity contribution in [3.8, 4) is 0 Å². The van der Waals surface area contributed by atoms with Crippen LogP contribution in [0.1, 0.15) is 57.6 Å². The summed E-state index contributed by atoms with van der Waals surface area (Å²) < 4.78 is 0. The minimum atomic E-state index is -0.501. The van der Waals surface area contributed by atoms with Gasteiger partial charge in [-0.1, -0.05) is 33.1 Å². The summed E-state index contributed by atoms with van der Waals surface area (Å²) in [6.07, 6.45) is 8.48. The lowest BCUT2D eigenvalue weighted by molar-refractivity contribution is -0.132. The zero-order valence-corrected chi connectivity index (χ0v) is 14.2. The van der Waals surface area contributed by atoms with Crippen LogP contribution in [0.25, 0.3) is 0 Å². The van der Waals surface area contributed by atoms with Gasteiger partial charge in [0.1, 0.15) is 0 Å². The second-order valence-corrected chi connectivity index (χ2v) is 6.97. The summed E-state index contributed by atoms with van der Waals surface area (Å²) in [6, 6.07) is 3.21. The Morgan fingerprint density at radius 2 is 1.83 bits per heavy atom. The molecule has 0 spiro atoms. The predicted molar refractivity (Wildman–Crippen MR) is 90.2 cm³/mol. The van der Waals surface area contributed by atoms with Gasteiger partial charge in [0.2, 0.25) is 0 Å². The zero-order chi connectivity index (χ0) is 17.3. The molecule has 1 saturated carbocycles. The minimum absolute atomic E-state index is 0.0732. The average Bonchev–Trinajstić information content (AvgIpc) is 2.87. The summed E-state index contributed by atoms with van der Waals surface area (Å²) in [5, 5.41) is 10.5. The molecule has 1 amide bonds. The third-order valence-corrected chi connectivity index (χ3v) is 5.02. The molecule has 1 aromatic rings. The highest BCUT2D eigenvalue weighted by atomic mass is 16.3. The lowest BCUT2D eigenvalue weighted by Gasteiger charge is -2.36. The molecule has 24 heavy (non-hydrogen) atoms. The van der Waals surface area contributed by atoms with Crippen LogP contribution in [0.2, 0.25) is 0 Å². The van der Waals surface area contributed by atoms with E-state index >= 15 is 0 Å². The molecule has 0 radical (unpaired) electrons. The van der Waals surface area contributed by atoms with Gasteiger partial charge in [-0.25, -0.2) is 0 Å². The van der Waals surface area contributed by atoms with Crippen LogP contribution >= 0.6 is 0 Å². The number of aliphatic hydroxyl groups excluding tert-OH is 1. The summed E-state index contributed by atoms with van der Waals surface area (Å²) >= 11 is 0. The number of carbonyl (C=O) groups excluding carboxylic acids is 2. The van der Waals surface area contributed by atoms with E-state index in [9.17, 15) is 14.7 Å². The van der Waals surface area contributed by atoms with E-state index in [4.69, 9.17) is 0 Å². The summed E-state index contributed by atoms with van der Waals surface area (Å²) in [4.78, 5) is 31.2. The fraction of sp³-hybridized carbons (Fsp3) is 0.526. The van der Waals surface area contributed by atoms with Crippen LogP contribution in [0, 0.1) is 5.92 Å². The maximum absolute atomic E-state index is 12.8. The van der Waals surface area contributed by atoms with Gasteiger partial charge in [0.05, 0.1) is 11.6 Å². The quantitative estimate of drug-likeness (QED) is 0.920. The van der Waals surface area contributed by atoms with Gasteiger partial charge < -0.3 is 10.0 Å². The molecular weight excluding hydrogens is 304 g/mol. The molecule has 5 heteroatoms. The molecule has 0 saturated heterocycles.